The molecule has 27 heavy (non-hydrogen) atoms. The predicted octanol–water partition coefficient (Wildman–Crippen LogP) is 3.82. The van der Waals surface area contributed by atoms with E-state index in [4.69, 9.17) is 11.6 Å². The van der Waals surface area contributed by atoms with Gasteiger partial charge in [0.05, 0.1) is 9.95 Å². The van der Waals surface area contributed by atoms with Gasteiger partial charge >= 0.3 is 11.7 Å². The molecule has 1 saturated heterocycles. The molecule has 2 aromatic rings. The number of nitrogens with one attached hydrogen (secondary N) is 2. The third-order valence-electron chi connectivity index (χ3n) is 4.44. The van der Waals surface area contributed by atoms with E-state index in [0.717, 1.165) is 19.3 Å². The van der Waals surface area contributed by atoms with Crippen LogP contribution in [0.25, 0.3) is 0 Å². The summed E-state index contributed by atoms with van der Waals surface area (Å²) in [7, 11) is 0. The van der Waals surface area contributed by atoms with Gasteiger partial charge < -0.3 is 15.5 Å². The minimum Gasteiger partial charge on any atom is -0.346 e. The fourth-order valence-corrected chi connectivity index (χ4v) is 3.33. The molecule has 0 aliphatic carbocycles. The number of carbonyl (C=O) groups excluding carboxylic acids is 1. The van der Waals surface area contributed by atoms with Crippen LogP contribution in [0.5, 0.6) is 0 Å². The quantitative estimate of drug-likeness (QED) is 0.598. The second kappa shape index (κ2) is 8.68. The number of halogens is 1. The molecule has 0 bridgehead atoms. The minimum absolute atomic E-state index is 0.0763. The van der Waals surface area contributed by atoms with Crippen molar-refractivity contribution in [2.24, 2.45) is 0 Å². The Morgan fingerprint density at radius 3 is 2.85 bits per heavy atom. The molecular formula is C18H20ClN5O3. The average Bonchev–Trinajstić information content (AvgIpc) is 2.67. The summed E-state index contributed by atoms with van der Waals surface area (Å²) in [4.78, 5) is 29.1. The molecule has 3 rings (SSSR count). The maximum absolute atomic E-state index is 12.1. The van der Waals surface area contributed by atoms with Gasteiger partial charge in [-0.25, -0.2) is 9.78 Å². The number of pyridine rings is 1. The molecule has 1 aromatic heterocycles. The van der Waals surface area contributed by atoms with Crippen LogP contribution in [0.1, 0.15) is 19.3 Å². The first kappa shape index (κ1) is 18.9. The highest BCUT2D eigenvalue weighted by atomic mass is 35.5. The minimum atomic E-state index is -0.477. The van der Waals surface area contributed by atoms with Gasteiger partial charge in [0.1, 0.15) is 0 Å². The lowest BCUT2D eigenvalue weighted by atomic mass is 10.0. The number of piperidine rings is 1. The van der Waals surface area contributed by atoms with Gasteiger partial charge in [-0.1, -0.05) is 29.8 Å². The van der Waals surface area contributed by atoms with E-state index < -0.39 is 4.92 Å². The van der Waals surface area contributed by atoms with Gasteiger partial charge in [-0.15, -0.1) is 0 Å². The number of carbonyl (C=O) groups is 1. The molecule has 1 fully saturated rings. The summed E-state index contributed by atoms with van der Waals surface area (Å²) in [6, 6.07) is 10.1. The van der Waals surface area contributed by atoms with Gasteiger partial charge in [0.2, 0.25) is 5.82 Å². The van der Waals surface area contributed by atoms with Gasteiger partial charge in [0, 0.05) is 37.1 Å². The first-order chi connectivity index (χ1) is 13.0. The molecule has 8 nitrogen and oxygen atoms in total. The highest BCUT2D eigenvalue weighted by Gasteiger charge is 2.29. The maximum Gasteiger partial charge on any atom is 0.319 e. The number of amides is 2. The van der Waals surface area contributed by atoms with E-state index in [2.05, 4.69) is 15.6 Å². The van der Waals surface area contributed by atoms with E-state index in [9.17, 15) is 14.9 Å². The van der Waals surface area contributed by atoms with Gasteiger partial charge in [-0.3, -0.25) is 10.1 Å². The average molecular weight is 390 g/mol. The van der Waals surface area contributed by atoms with Gasteiger partial charge in [0.15, 0.2) is 0 Å². The Kier molecular flexibility index (Phi) is 6.08. The highest BCUT2D eigenvalue weighted by molar-refractivity contribution is 6.30. The predicted molar refractivity (Wildman–Crippen MR) is 104 cm³/mol. The zero-order valence-corrected chi connectivity index (χ0v) is 15.4. The molecule has 0 saturated carbocycles. The number of hydrogen-bond acceptors (Lipinski definition) is 5. The van der Waals surface area contributed by atoms with Crippen molar-refractivity contribution in [1.29, 1.82) is 0 Å². The van der Waals surface area contributed by atoms with E-state index in [1.165, 1.54) is 12.3 Å². The van der Waals surface area contributed by atoms with E-state index in [-0.39, 0.29) is 22.8 Å². The Balaban J connectivity index is 1.69. The topological polar surface area (TPSA) is 100 Å². The zero-order chi connectivity index (χ0) is 19.2. The summed E-state index contributed by atoms with van der Waals surface area (Å²) in [6.45, 7) is 1.00. The molecule has 1 aliphatic rings. The van der Waals surface area contributed by atoms with Crippen molar-refractivity contribution in [3.63, 3.8) is 0 Å². The van der Waals surface area contributed by atoms with Crippen LogP contribution in [0.4, 0.5) is 22.0 Å². The van der Waals surface area contributed by atoms with Crippen molar-refractivity contribution in [1.82, 2.24) is 10.3 Å². The number of nitro groups is 1. The van der Waals surface area contributed by atoms with Crippen LogP contribution < -0.4 is 15.5 Å². The zero-order valence-electron chi connectivity index (χ0n) is 14.6. The number of aromatic nitrogens is 1. The molecule has 0 spiro atoms. The standard InChI is InChI=1S/C18H20ClN5O3/c19-13-10-16(24(26)27)17(20-11-13)23-9-5-4-8-15(23)12-21-18(25)22-14-6-2-1-3-7-14/h1-3,6-7,10-11,15H,4-5,8-9,12H2,(H2,21,22,25). The summed E-state index contributed by atoms with van der Waals surface area (Å²) in [5.74, 6) is 0.291. The number of urea groups is 1. The van der Waals surface area contributed by atoms with Crippen LogP contribution >= 0.6 is 11.6 Å². The normalized spacial score (nSPS) is 16.6. The molecule has 1 atom stereocenters. The largest absolute Gasteiger partial charge is 0.346 e. The van der Waals surface area contributed by atoms with Crippen molar-refractivity contribution in [2.75, 3.05) is 23.3 Å². The van der Waals surface area contributed by atoms with Crippen molar-refractivity contribution in [2.45, 2.75) is 25.3 Å². The van der Waals surface area contributed by atoms with Crippen molar-refractivity contribution < 1.29 is 9.72 Å². The van der Waals surface area contributed by atoms with Crippen LogP contribution in [0.15, 0.2) is 42.6 Å². The summed E-state index contributed by atoms with van der Waals surface area (Å²) in [5.41, 5.74) is 0.577. The van der Waals surface area contributed by atoms with Crippen LogP contribution in [0.2, 0.25) is 5.02 Å². The maximum atomic E-state index is 12.1. The van der Waals surface area contributed by atoms with Crippen LogP contribution in [0, 0.1) is 10.1 Å². The van der Waals surface area contributed by atoms with Crippen LogP contribution in [0.3, 0.4) is 0 Å². The third kappa shape index (κ3) is 4.85. The number of benzene rings is 1. The second-order valence-electron chi connectivity index (χ2n) is 6.30. The Bertz CT molecular complexity index is 818. The molecule has 1 aromatic carbocycles. The molecule has 1 aliphatic heterocycles. The fourth-order valence-electron chi connectivity index (χ4n) is 3.18. The second-order valence-corrected chi connectivity index (χ2v) is 6.73. The molecule has 2 amide bonds. The number of hydrogen-bond donors (Lipinski definition) is 2. The van der Waals surface area contributed by atoms with Gasteiger partial charge in [-0.2, -0.15) is 0 Å². The van der Waals surface area contributed by atoms with Crippen molar-refractivity contribution in [3.8, 4) is 0 Å². The van der Waals surface area contributed by atoms with E-state index in [0.29, 0.717) is 24.6 Å². The first-order valence-electron chi connectivity index (χ1n) is 8.71. The molecule has 2 heterocycles. The van der Waals surface area contributed by atoms with Crippen LogP contribution in [-0.4, -0.2) is 35.1 Å². The Hall–Kier alpha value is -2.87. The van der Waals surface area contributed by atoms with Crippen molar-refractivity contribution >= 4 is 34.8 Å². The fraction of sp³-hybridized carbons (Fsp3) is 0.333. The summed E-state index contributed by atoms with van der Waals surface area (Å²) in [5, 5.41) is 17.2. The number of rotatable bonds is 5. The molecule has 0 radical (unpaired) electrons. The summed E-state index contributed by atoms with van der Waals surface area (Å²) in [6.07, 6.45) is 4.12. The highest BCUT2D eigenvalue weighted by Crippen LogP contribution is 2.32. The lowest BCUT2D eigenvalue weighted by molar-refractivity contribution is -0.384. The van der Waals surface area contributed by atoms with E-state index in [1.54, 1.807) is 12.1 Å². The van der Waals surface area contributed by atoms with Gasteiger partial charge in [0.25, 0.3) is 0 Å². The Labute approximate surface area is 161 Å². The monoisotopic (exact) mass is 389 g/mol. The SMILES string of the molecule is O=C(NCC1CCCCN1c1ncc(Cl)cc1[N+](=O)[O-])Nc1ccccc1. The lowest BCUT2D eigenvalue weighted by Crippen LogP contribution is -2.48. The Morgan fingerprint density at radius 1 is 1.33 bits per heavy atom. The van der Waals surface area contributed by atoms with E-state index in [1.807, 2.05) is 23.1 Å². The van der Waals surface area contributed by atoms with Crippen LogP contribution in [-0.2, 0) is 0 Å². The Morgan fingerprint density at radius 2 is 2.11 bits per heavy atom. The summed E-state index contributed by atoms with van der Waals surface area (Å²) < 4.78 is 0. The lowest BCUT2D eigenvalue weighted by Gasteiger charge is -2.36. The molecular weight excluding hydrogens is 370 g/mol. The smallest absolute Gasteiger partial charge is 0.319 e. The van der Waals surface area contributed by atoms with Crippen molar-refractivity contribution in [3.05, 3.63) is 57.7 Å². The molecule has 9 heteroatoms. The first-order valence-corrected chi connectivity index (χ1v) is 9.09. The number of anilines is 2. The van der Waals surface area contributed by atoms with E-state index >= 15 is 0 Å². The summed E-state index contributed by atoms with van der Waals surface area (Å²) >= 11 is 5.87. The third-order valence-corrected chi connectivity index (χ3v) is 4.65. The number of para-hydroxylation sites is 1. The molecule has 1 unspecified atom stereocenters. The molecule has 2 N–H and O–H groups in total. The van der Waals surface area contributed by atoms with Gasteiger partial charge in [-0.05, 0) is 31.4 Å². The molecule has 142 valence electrons. The number of nitrogens with zero attached hydrogens (tertiary/aromatic N) is 3.